The predicted octanol–water partition coefficient (Wildman–Crippen LogP) is 3.00. The minimum Gasteiger partial charge on any atom is -0.370 e. The van der Waals surface area contributed by atoms with Crippen molar-refractivity contribution in [2.75, 3.05) is 38.6 Å². The number of carbonyl (C=O) groups excluding carboxylic acids is 1. The summed E-state index contributed by atoms with van der Waals surface area (Å²) in [6, 6.07) is 14.2. The smallest absolute Gasteiger partial charge is 0.242 e. The summed E-state index contributed by atoms with van der Waals surface area (Å²) in [7, 11) is 3.58. The SMILES string of the molecule is CN(C)[C@@H](C(=O)NCCN1CCCc2ccccc21)c1ccccc1F. The molecule has 2 aromatic rings. The Morgan fingerprint density at radius 3 is 2.69 bits per heavy atom. The highest BCUT2D eigenvalue weighted by molar-refractivity contribution is 5.83. The zero-order valence-electron chi connectivity index (χ0n) is 15.4. The molecular weight excluding hydrogens is 329 g/mol. The fourth-order valence-electron chi connectivity index (χ4n) is 3.61. The van der Waals surface area contributed by atoms with Gasteiger partial charge in [0.2, 0.25) is 5.91 Å². The maximum absolute atomic E-state index is 14.1. The standard InChI is InChI=1S/C21H26FN3O/c1-24(2)20(17-10-4-5-11-18(17)22)21(26)23-13-15-25-14-7-9-16-8-3-6-12-19(16)25/h3-6,8,10-12,20H,7,9,13-15H2,1-2H3,(H,23,26)/t20-/m1/s1. The van der Waals surface area contributed by atoms with Crippen molar-refractivity contribution in [1.29, 1.82) is 0 Å². The Morgan fingerprint density at radius 2 is 1.92 bits per heavy atom. The largest absolute Gasteiger partial charge is 0.370 e. The number of hydrogen-bond donors (Lipinski definition) is 1. The number of rotatable bonds is 6. The highest BCUT2D eigenvalue weighted by Crippen LogP contribution is 2.26. The van der Waals surface area contributed by atoms with Crippen LogP contribution in [0.2, 0.25) is 0 Å². The van der Waals surface area contributed by atoms with Gasteiger partial charge in [0.25, 0.3) is 0 Å². The normalized spacial score (nSPS) is 14.8. The van der Waals surface area contributed by atoms with Crippen LogP contribution in [0.5, 0.6) is 0 Å². The van der Waals surface area contributed by atoms with Crippen molar-refractivity contribution in [3.05, 3.63) is 65.5 Å². The van der Waals surface area contributed by atoms with Gasteiger partial charge in [-0.05, 0) is 44.6 Å². The third-order valence-electron chi connectivity index (χ3n) is 4.85. The number of likely N-dealkylation sites (N-methyl/N-ethyl adjacent to an activating group) is 1. The van der Waals surface area contributed by atoms with Gasteiger partial charge in [0.15, 0.2) is 0 Å². The van der Waals surface area contributed by atoms with E-state index in [0.717, 1.165) is 25.9 Å². The van der Waals surface area contributed by atoms with Crippen LogP contribution in [0, 0.1) is 5.82 Å². The average Bonchev–Trinajstić information content (AvgIpc) is 2.63. The minimum atomic E-state index is -0.634. The first-order chi connectivity index (χ1) is 12.6. The first-order valence-electron chi connectivity index (χ1n) is 9.09. The number of anilines is 1. The second-order valence-corrected chi connectivity index (χ2v) is 6.90. The molecule has 0 fully saturated rings. The molecule has 1 amide bonds. The van der Waals surface area contributed by atoms with Gasteiger partial charge in [-0.1, -0.05) is 36.4 Å². The molecule has 26 heavy (non-hydrogen) atoms. The second-order valence-electron chi connectivity index (χ2n) is 6.90. The molecule has 1 N–H and O–H groups in total. The topological polar surface area (TPSA) is 35.6 Å². The molecule has 0 saturated carbocycles. The number of amides is 1. The quantitative estimate of drug-likeness (QED) is 0.865. The molecule has 0 radical (unpaired) electrons. The van der Waals surface area contributed by atoms with Crippen LogP contribution in [0.15, 0.2) is 48.5 Å². The highest BCUT2D eigenvalue weighted by Gasteiger charge is 2.25. The first-order valence-corrected chi connectivity index (χ1v) is 9.09. The minimum absolute atomic E-state index is 0.176. The van der Waals surface area contributed by atoms with Crippen LogP contribution in [0.1, 0.15) is 23.6 Å². The molecule has 3 rings (SSSR count). The Labute approximate surface area is 154 Å². The van der Waals surface area contributed by atoms with Crippen molar-refractivity contribution >= 4 is 11.6 Å². The maximum Gasteiger partial charge on any atom is 0.242 e. The van der Waals surface area contributed by atoms with E-state index in [1.165, 1.54) is 17.3 Å². The van der Waals surface area contributed by atoms with Gasteiger partial charge in [0.1, 0.15) is 11.9 Å². The van der Waals surface area contributed by atoms with Gasteiger partial charge in [-0.2, -0.15) is 0 Å². The van der Waals surface area contributed by atoms with Crippen molar-refractivity contribution in [3.8, 4) is 0 Å². The van der Waals surface area contributed by atoms with E-state index in [0.29, 0.717) is 12.1 Å². The molecule has 1 heterocycles. The average molecular weight is 355 g/mol. The van der Waals surface area contributed by atoms with Crippen LogP contribution in [0.4, 0.5) is 10.1 Å². The number of fused-ring (bicyclic) bond motifs is 1. The maximum atomic E-state index is 14.1. The summed E-state index contributed by atoms with van der Waals surface area (Å²) in [4.78, 5) is 16.7. The molecule has 0 saturated heterocycles. The zero-order valence-corrected chi connectivity index (χ0v) is 15.4. The van der Waals surface area contributed by atoms with E-state index in [1.54, 1.807) is 37.2 Å². The van der Waals surface area contributed by atoms with Crippen LogP contribution in [0.3, 0.4) is 0 Å². The molecule has 0 aliphatic carbocycles. The summed E-state index contributed by atoms with van der Waals surface area (Å²) in [6.45, 7) is 2.28. The number of hydrogen-bond acceptors (Lipinski definition) is 3. The second kappa shape index (κ2) is 8.32. The van der Waals surface area contributed by atoms with Crippen molar-refractivity contribution in [2.24, 2.45) is 0 Å². The number of halogens is 1. The summed E-state index contributed by atoms with van der Waals surface area (Å²) in [5.41, 5.74) is 3.02. The van der Waals surface area contributed by atoms with E-state index >= 15 is 0 Å². The molecule has 0 spiro atoms. The van der Waals surface area contributed by atoms with Crippen molar-refractivity contribution in [2.45, 2.75) is 18.9 Å². The van der Waals surface area contributed by atoms with Gasteiger partial charge in [-0.25, -0.2) is 4.39 Å². The number of nitrogens with one attached hydrogen (secondary N) is 1. The van der Waals surface area contributed by atoms with E-state index < -0.39 is 6.04 Å². The first kappa shape index (κ1) is 18.4. The van der Waals surface area contributed by atoms with E-state index in [2.05, 4.69) is 34.5 Å². The number of para-hydroxylation sites is 1. The molecule has 1 aliphatic heterocycles. The molecular formula is C21H26FN3O. The molecule has 138 valence electrons. The number of carbonyl (C=O) groups is 1. The summed E-state index contributed by atoms with van der Waals surface area (Å²) in [5, 5.41) is 2.98. The Kier molecular flexibility index (Phi) is 5.89. The third-order valence-corrected chi connectivity index (χ3v) is 4.85. The lowest BCUT2D eigenvalue weighted by Crippen LogP contribution is -2.42. The number of benzene rings is 2. The fourth-order valence-corrected chi connectivity index (χ4v) is 3.61. The highest BCUT2D eigenvalue weighted by atomic mass is 19.1. The van der Waals surface area contributed by atoms with Crippen molar-refractivity contribution < 1.29 is 9.18 Å². The van der Waals surface area contributed by atoms with Crippen LogP contribution >= 0.6 is 0 Å². The van der Waals surface area contributed by atoms with E-state index in [4.69, 9.17) is 0 Å². The molecule has 1 aliphatic rings. The summed E-state index contributed by atoms with van der Waals surface area (Å²) >= 11 is 0. The number of aryl methyl sites for hydroxylation is 1. The number of nitrogens with zero attached hydrogens (tertiary/aromatic N) is 2. The van der Waals surface area contributed by atoms with Crippen LogP contribution < -0.4 is 10.2 Å². The van der Waals surface area contributed by atoms with E-state index in [9.17, 15) is 9.18 Å². The lowest BCUT2D eigenvalue weighted by Gasteiger charge is -2.31. The molecule has 1 atom stereocenters. The molecule has 5 heteroatoms. The van der Waals surface area contributed by atoms with Gasteiger partial charge in [-0.3, -0.25) is 9.69 Å². The van der Waals surface area contributed by atoms with Gasteiger partial charge in [-0.15, -0.1) is 0 Å². The monoisotopic (exact) mass is 355 g/mol. The van der Waals surface area contributed by atoms with Crippen molar-refractivity contribution in [3.63, 3.8) is 0 Å². The molecule has 4 nitrogen and oxygen atoms in total. The fraction of sp³-hybridized carbons (Fsp3) is 0.381. The third kappa shape index (κ3) is 4.05. The molecule has 0 unspecified atom stereocenters. The predicted molar refractivity (Wildman–Crippen MR) is 103 cm³/mol. The molecule has 0 aromatic heterocycles. The van der Waals surface area contributed by atoms with Crippen molar-refractivity contribution in [1.82, 2.24) is 10.2 Å². The van der Waals surface area contributed by atoms with Crippen LogP contribution in [-0.2, 0) is 11.2 Å². The summed E-state index contributed by atoms with van der Waals surface area (Å²) < 4.78 is 14.1. The van der Waals surface area contributed by atoms with Gasteiger partial charge in [0, 0.05) is 30.9 Å². The summed E-state index contributed by atoms with van der Waals surface area (Å²) in [5.74, 6) is -0.531. The Bertz CT molecular complexity index is 762. The van der Waals surface area contributed by atoms with Gasteiger partial charge >= 0.3 is 0 Å². The Balaban J connectivity index is 1.62. The summed E-state index contributed by atoms with van der Waals surface area (Å²) in [6.07, 6.45) is 2.23. The lowest BCUT2D eigenvalue weighted by atomic mass is 10.0. The molecule has 0 bridgehead atoms. The zero-order chi connectivity index (χ0) is 18.5. The van der Waals surface area contributed by atoms with Crippen LogP contribution in [0.25, 0.3) is 0 Å². The van der Waals surface area contributed by atoms with E-state index in [1.807, 2.05) is 0 Å². The van der Waals surface area contributed by atoms with E-state index in [-0.39, 0.29) is 11.7 Å². The Morgan fingerprint density at radius 1 is 1.19 bits per heavy atom. The van der Waals surface area contributed by atoms with Crippen LogP contribution in [-0.4, -0.2) is 44.5 Å². The van der Waals surface area contributed by atoms with Gasteiger partial charge in [0.05, 0.1) is 0 Å². The molecule has 2 aromatic carbocycles. The Hall–Kier alpha value is -2.40. The lowest BCUT2D eigenvalue weighted by molar-refractivity contribution is -0.125. The van der Waals surface area contributed by atoms with Gasteiger partial charge < -0.3 is 10.2 Å².